The molecule has 0 aromatic heterocycles. The summed E-state index contributed by atoms with van der Waals surface area (Å²) in [6, 6.07) is 31.5. The Balaban J connectivity index is 1.91. The summed E-state index contributed by atoms with van der Waals surface area (Å²) in [7, 11) is 1.80. The second kappa shape index (κ2) is 15.5. The molecule has 4 nitrogen and oxygen atoms in total. The number of benzene rings is 4. The van der Waals surface area contributed by atoms with Crippen molar-refractivity contribution < 1.29 is 30.1 Å². The molecule has 5 heteroatoms. The van der Waals surface area contributed by atoms with Gasteiger partial charge in [-0.25, -0.2) is 0 Å². The molecule has 0 fully saturated rings. The van der Waals surface area contributed by atoms with E-state index in [1.807, 2.05) is 0 Å². The molecule has 0 unspecified atom stereocenters. The van der Waals surface area contributed by atoms with Crippen molar-refractivity contribution in [2.24, 2.45) is 0 Å². The molecular weight excluding hydrogens is 753 g/mol. The van der Waals surface area contributed by atoms with Crippen LogP contribution in [0.2, 0.25) is 0 Å². The van der Waals surface area contributed by atoms with Crippen molar-refractivity contribution in [3.63, 3.8) is 0 Å². The molecule has 0 amide bonds. The van der Waals surface area contributed by atoms with Gasteiger partial charge in [0.1, 0.15) is 0 Å². The molecular formula is C47H65INO3-. The third kappa shape index (κ3) is 9.81. The predicted molar refractivity (Wildman–Crippen MR) is 215 cm³/mol. The third-order valence-corrected chi connectivity index (χ3v) is 16.5. The Labute approximate surface area is 321 Å². The summed E-state index contributed by atoms with van der Waals surface area (Å²) >= 11 is -3.89. The van der Waals surface area contributed by atoms with Crippen molar-refractivity contribution in [1.82, 2.24) is 4.90 Å². The second-order valence-corrected chi connectivity index (χ2v) is 25.1. The Hall–Kier alpha value is -2.87. The number of hydrogen-bond acceptors (Lipinski definition) is 4. The first-order valence-corrected chi connectivity index (χ1v) is 23.8. The fraction of sp³-hybridized carbons (Fsp3) is 0.489. The first-order chi connectivity index (χ1) is 24.2. The zero-order valence-electron chi connectivity index (χ0n) is 34.4. The van der Waals surface area contributed by atoms with Crippen LogP contribution >= 0.6 is 0 Å². The monoisotopic (exact) mass is 818 g/mol. The number of rotatable bonds is 7. The van der Waals surface area contributed by atoms with Crippen LogP contribution in [0.3, 0.4) is 0 Å². The van der Waals surface area contributed by atoms with E-state index in [4.69, 9.17) is 10.9 Å². The van der Waals surface area contributed by atoms with Crippen LogP contribution in [0.5, 0.6) is 11.5 Å². The molecule has 0 saturated carbocycles. The third-order valence-electron chi connectivity index (χ3n) is 9.92. The molecule has 1 heterocycles. The number of hydrogen-bond donors (Lipinski definition) is 0. The molecule has 0 radical (unpaired) electrons. The van der Waals surface area contributed by atoms with Crippen molar-refractivity contribution >= 4 is 0 Å². The van der Waals surface area contributed by atoms with Crippen LogP contribution in [-0.2, 0) is 48.3 Å². The first kappa shape index (κ1) is 40.3. The molecule has 0 bridgehead atoms. The van der Waals surface area contributed by atoms with Gasteiger partial charge in [0.2, 0.25) is 0 Å². The van der Waals surface area contributed by atoms with Gasteiger partial charge in [0, 0.05) is 0 Å². The Kier molecular flexibility index (Phi) is 12.0. The van der Waals surface area contributed by atoms with Gasteiger partial charge in [-0.05, 0) is 0 Å². The van der Waals surface area contributed by atoms with Crippen LogP contribution in [-0.4, -0.2) is 25.2 Å². The Bertz CT molecular complexity index is 1670. The summed E-state index contributed by atoms with van der Waals surface area (Å²) in [5.74, 6) is 2.02. The van der Waals surface area contributed by atoms with Gasteiger partial charge in [0.05, 0.1) is 0 Å². The summed E-state index contributed by atoms with van der Waals surface area (Å²) in [5.41, 5.74) is 9.77. The van der Waals surface area contributed by atoms with Gasteiger partial charge in [-0.15, -0.1) is 0 Å². The van der Waals surface area contributed by atoms with Crippen LogP contribution in [0.4, 0.5) is 0 Å². The number of ether oxygens (including phenoxy) is 1. The number of alkyl halides is 2. The molecule has 4 aromatic carbocycles. The summed E-state index contributed by atoms with van der Waals surface area (Å²) in [6.45, 7) is 30.8. The van der Waals surface area contributed by atoms with Gasteiger partial charge >= 0.3 is 323 Å². The molecule has 0 saturated heterocycles. The van der Waals surface area contributed by atoms with Crippen molar-refractivity contribution in [3.8, 4) is 11.5 Å². The van der Waals surface area contributed by atoms with Gasteiger partial charge in [-0.1, -0.05) is 0 Å². The van der Waals surface area contributed by atoms with Crippen LogP contribution in [0, 0.1) is 0 Å². The van der Waals surface area contributed by atoms with E-state index in [9.17, 15) is 0 Å². The fourth-order valence-electron chi connectivity index (χ4n) is 6.75. The van der Waals surface area contributed by atoms with Gasteiger partial charge in [-0.2, -0.15) is 0 Å². The van der Waals surface area contributed by atoms with Gasteiger partial charge in [0.25, 0.3) is 0 Å². The van der Waals surface area contributed by atoms with Crippen molar-refractivity contribution in [1.29, 1.82) is 0 Å². The topological polar surface area (TPSA) is 30.9 Å². The summed E-state index contributed by atoms with van der Waals surface area (Å²) in [5, 5.41) is 0. The zero-order chi connectivity index (χ0) is 38.1. The molecule has 4 aromatic rings. The maximum atomic E-state index is 7.97. The second-order valence-electron chi connectivity index (χ2n) is 18.8. The van der Waals surface area contributed by atoms with Crippen LogP contribution in [0.1, 0.15) is 128 Å². The van der Waals surface area contributed by atoms with E-state index in [2.05, 4.69) is 173 Å². The number of methoxy groups -OCH3 is 1. The van der Waals surface area contributed by atoms with Crippen molar-refractivity contribution in [2.45, 2.75) is 127 Å². The van der Waals surface area contributed by atoms with E-state index >= 15 is 0 Å². The number of fused-ring (bicyclic) bond motifs is 2. The molecule has 0 atom stereocenters. The quantitative estimate of drug-likeness (QED) is 0.138. The Morgan fingerprint density at radius 2 is 0.942 bits per heavy atom. The van der Waals surface area contributed by atoms with E-state index in [-0.39, 0.29) is 21.7 Å². The average molecular weight is 819 g/mol. The first-order valence-electron chi connectivity index (χ1n) is 18.9. The number of nitrogens with zero attached hydrogens (tertiary/aromatic N) is 1. The SMILES string of the molecule is COCCN1Cc2cc(C(C)(C)C)cc(C(C)(C)C)c2O[I-](Cc2ccccc2)(Cc2ccccc2)Oc2c(cc(C(C)(C)C)cc2C(C)(C)C)C1. The number of halogens is 1. The summed E-state index contributed by atoms with van der Waals surface area (Å²) in [4.78, 5) is 2.54. The molecule has 1 aliphatic rings. The molecule has 1 aliphatic heterocycles. The summed E-state index contributed by atoms with van der Waals surface area (Å²) < 4.78 is 23.2. The Morgan fingerprint density at radius 3 is 1.27 bits per heavy atom. The van der Waals surface area contributed by atoms with E-state index in [1.54, 1.807) is 7.11 Å². The van der Waals surface area contributed by atoms with E-state index in [0.717, 1.165) is 40.0 Å². The standard InChI is InChI=1S/C47H65INO3/c1-44(2,3)38-26-36-32-49(24-25-50-13)33-37-27-39(45(4,5)6)29-41(47(10,11)12)43(37)52-48(30-34-20-16-14-17-21-34,31-35-22-18-15-19-23-35)51-42(36)40(28-38)46(7,8)9/h14-23,26-29H,24-25,30-33H2,1-13H3/q-1. The minimum atomic E-state index is -3.89. The minimum absolute atomic E-state index is 0.0278. The van der Waals surface area contributed by atoms with Crippen LogP contribution < -0.4 is 25.4 Å². The Morgan fingerprint density at radius 1 is 0.558 bits per heavy atom. The van der Waals surface area contributed by atoms with Crippen LogP contribution in [0.25, 0.3) is 0 Å². The van der Waals surface area contributed by atoms with Gasteiger partial charge in [-0.3, -0.25) is 0 Å². The molecule has 284 valence electrons. The molecule has 0 N–H and O–H groups in total. The molecule has 5 rings (SSSR count). The summed E-state index contributed by atoms with van der Waals surface area (Å²) in [6.07, 6.45) is 0. The van der Waals surface area contributed by atoms with Crippen LogP contribution in [0.15, 0.2) is 84.9 Å². The molecule has 52 heavy (non-hydrogen) atoms. The predicted octanol–water partition coefficient (Wildman–Crippen LogP) is 8.69. The zero-order valence-corrected chi connectivity index (χ0v) is 36.5. The fourth-order valence-corrected chi connectivity index (χ4v) is 14.1. The van der Waals surface area contributed by atoms with Gasteiger partial charge in [0.15, 0.2) is 0 Å². The van der Waals surface area contributed by atoms with Gasteiger partial charge < -0.3 is 0 Å². The van der Waals surface area contributed by atoms with E-state index in [1.165, 1.54) is 44.5 Å². The normalized spacial score (nSPS) is 16.2. The average Bonchev–Trinajstić information content (AvgIpc) is 3.03. The van der Waals surface area contributed by atoms with Crippen molar-refractivity contribution in [2.75, 3.05) is 20.3 Å². The van der Waals surface area contributed by atoms with E-state index in [0.29, 0.717) is 6.61 Å². The van der Waals surface area contributed by atoms with E-state index < -0.39 is 19.3 Å². The molecule has 0 spiro atoms. The maximum absolute atomic E-state index is 7.97. The molecule has 0 aliphatic carbocycles. The van der Waals surface area contributed by atoms with Crippen molar-refractivity contribution in [3.05, 3.63) is 129 Å².